The first kappa shape index (κ1) is 24.8. The van der Waals surface area contributed by atoms with Gasteiger partial charge in [-0.1, -0.05) is 112 Å². The van der Waals surface area contributed by atoms with Crippen molar-refractivity contribution in [2.45, 2.75) is 64.5 Å². The van der Waals surface area contributed by atoms with Crippen LogP contribution in [0.1, 0.15) is 56.1 Å². The van der Waals surface area contributed by atoms with Gasteiger partial charge in [-0.2, -0.15) is 0 Å². The molecule has 1 aliphatic rings. The Kier molecular flexibility index (Phi) is 7.31. The second kappa shape index (κ2) is 10.6. The highest BCUT2D eigenvalue weighted by atomic mass is 28.4. The van der Waals surface area contributed by atoms with Crippen molar-refractivity contribution in [2.75, 3.05) is 6.61 Å². The van der Waals surface area contributed by atoms with Crippen LogP contribution >= 0.6 is 0 Å². The molecule has 1 heterocycles. The average molecular weight is 494 g/mol. The average Bonchev–Trinajstić information content (AvgIpc) is 3.47. The van der Waals surface area contributed by atoms with Gasteiger partial charge in [0.1, 0.15) is 0 Å². The zero-order valence-corrected chi connectivity index (χ0v) is 23.0. The molecule has 3 heteroatoms. The van der Waals surface area contributed by atoms with E-state index in [-0.39, 0.29) is 5.04 Å². The normalized spacial score (nSPS) is 13.6. The highest BCUT2D eigenvalue weighted by Gasteiger charge is 2.49. The van der Waals surface area contributed by atoms with Crippen molar-refractivity contribution in [1.82, 2.24) is 4.57 Å². The number of fused-ring (bicyclic) bond motifs is 1. The summed E-state index contributed by atoms with van der Waals surface area (Å²) < 4.78 is 9.75. The minimum atomic E-state index is -2.47. The Hall–Kier alpha value is -2.88. The molecule has 0 spiro atoms. The fourth-order valence-corrected chi connectivity index (χ4v) is 10.7. The molecule has 186 valence electrons. The fraction of sp³-hybridized carbons (Fsp3) is 0.333. The zero-order valence-electron chi connectivity index (χ0n) is 22.0. The summed E-state index contributed by atoms with van der Waals surface area (Å²) in [5, 5.41) is 2.73. The predicted octanol–water partition coefficient (Wildman–Crippen LogP) is 6.53. The highest BCUT2D eigenvalue weighted by molar-refractivity contribution is 6.99. The topological polar surface area (TPSA) is 14.2 Å². The van der Waals surface area contributed by atoms with Crippen molar-refractivity contribution in [3.05, 3.63) is 120 Å². The lowest BCUT2D eigenvalue weighted by Gasteiger charge is -2.43. The first-order valence-electron chi connectivity index (χ1n) is 13.5. The molecule has 0 fully saturated rings. The van der Waals surface area contributed by atoms with Gasteiger partial charge in [-0.05, 0) is 64.7 Å². The van der Waals surface area contributed by atoms with Gasteiger partial charge in [0.25, 0.3) is 8.32 Å². The quantitative estimate of drug-likeness (QED) is 0.191. The number of aryl methyl sites for hydroxylation is 2. The second-order valence-corrected chi connectivity index (χ2v) is 15.5. The number of hydrogen-bond donors (Lipinski definition) is 0. The van der Waals surface area contributed by atoms with Crippen LogP contribution in [0.25, 0.3) is 0 Å². The number of benzene rings is 3. The summed E-state index contributed by atoms with van der Waals surface area (Å²) in [5.41, 5.74) is 5.97. The van der Waals surface area contributed by atoms with Gasteiger partial charge in [-0.15, -0.1) is 0 Å². The van der Waals surface area contributed by atoms with Crippen LogP contribution < -0.4 is 10.4 Å². The van der Waals surface area contributed by atoms with Crippen LogP contribution in [0.2, 0.25) is 5.04 Å². The molecule has 0 saturated carbocycles. The van der Waals surface area contributed by atoms with Crippen LogP contribution in [-0.4, -0.2) is 19.5 Å². The maximum atomic E-state index is 7.15. The van der Waals surface area contributed by atoms with Gasteiger partial charge >= 0.3 is 0 Å². The lowest BCUT2D eigenvalue weighted by Crippen LogP contribution is -2.66. The molecule has 0 saturated heterocycles. The number of rotatable bonds is 9. The van der Waals surface area contributed by atoms with E-state index >= 15 is 0 Å². The van der Waals surface area contributed by atoms with Crippen molar-refractivity contribution < 1.29 is 4.43 Å². The van der Waals surface area contributed by atoms with Crippen molar-refractivity contribution >= 4 is 18.7 Å². The van der Waals surface area contributed by atoms with Crippen LogP contribution in [0.3, 0.4) is 0 Å². The molecular weight excluding hydrogens is 454 g/mol. The lowest BCUT2D eigenvalue weighted by molar-refractivity contribution is 0.291. The molecule has 36 heavy (non-hydrogen) atoms. The van der Waals surface area contributed by atoms with E-state index in [1.54, 1.807) is 11.3 Å². The molecular formula is C33H39NOSi. The molecule has 3 aromatic carbocycles. The summed E-state index contributed by atoms with van der Waals surface area (Å²) in [6.07, 6.45) is 5.81. The largest absolute Gasteiger partial charge is 0.407 e. The van der Waals surface area contributed by atoms with Crippen molar-refractivity contribution in [3.63, 3.8) is 0 Å². The summed E-state index contributed by atoms with van der Waals surface area (Å²) in [4.78, 5) is 0. The summed E-state index contributed by atoms with van der Waals surface area (Å²) >= 11 is 0. The number of hydrogen-bond acceptors (Lipinski definition) is 1. The van der Waals surface area contributed by atoms with Crippen LogP contribution in [-0.2, 0) is 30.2 Å². The van der Waals surface area contributed by atoms with Gasteiger partial charge in [0.05, 0.1) is 0 Å². The van der Waals surface area contributed by atoms with E-state index < -0.39 is 8.32 Å². The maximum Gasteiger partial charge on any atom is 0.261 e. The fourth-order valence-electron chi connectivity index (χ4n) is 6.08. The predicted molar refractivity (Wildman–Crippen MR) is 154 cm³/mol. The minimum Gasteiger partial charge on any atom is -0.407 e. The molecule has 0 aliphatic heterocycles. The third-order valence-corrected chi connectivity index (χ3v) is 12.8. The molecule has 1 aromatic heterocycles. The Morgan fingerprint density at radius 3 is 1.94 bits per heavy atom. The monoisotopic (exact) mass is 493 g/mol. The van der Waals surface area contributed by atoms with Crippen LogP contribution in [0, 0.1) is 0 Å². The summed E-state index contributed by atoms with van der Waals surface area (Å²) in [6, 6.07) is 35.3. The van der Waals surface area contributed by atoms with Crippen LogP contribution in [0.4, 0.5) is 0 Å². The van der Waals surface area contributed by atoms with E-state index in [2.05, 4.69) is 122 Å². The molecule has 0 atom stereocenters. The first-order valence-corrected chi connectivity index (χ1v) is 15.4. The van der Waals surface area contributed by atoms with Gasteiger partial charge in [0.2, 0.25) is 0 Å². The molecule has 0 radical (unpaired) electrons. The Balaban J connectivity index is 1.38. The summed E-state index contributed by atoms with van der Waals surface area (Å²) in [7, 11) is -2.47. The molecule has 0 unspecified atom stereocenters. The molecule has 5 rings (SSSR count). The summed E-state index contributed by atoms with van der Waals surface area (Å²) in [5.74, 6) is 0. The maximum absolute atomic E-state index is 7.15. The van der Waals surface area contributed by atoms with E-state index in [4.69, 9.17) is 4.43 Å². The van der Waals surface area contributed by atoms with Crippen molar-refractivity contribution in [3.8, 4) is 0 Å². The molecule has 0 bridgehead atoms. The lowest BCUT2D eigenvalue weighted by atomic mass is 10.2. The standard InChI is InChI=1S/C33H39NOSi/c1-33(2,3)36(30-19-9-5-10-20-30,31-21-11-6-12-22-31)35-24-14-18-29-25-28-17-13-23-32(28)34(29)26-27-15-7-4-8-16-27/h4-12,15-16,19-22,25H,13-14,17-18,23-24,26H2,1-3H3. The minimum absolute atomic E-state index is 0.0183. The molecule has 2 nitrogen and oxygen atoms in total. The van der Waals surface area contributed by atoms with Gasteiger partial charge in [0, 0.05) is 24.5 Å². The zero-order chi connectivity index (χ0) is 25.0. The van der Waals surface area contributed by atoms with E-state index in [9.17, 15) is 0 Å². The highest BCUT2D eigenvalue weighted by Crippen LogP contribution is 2.37. The van der Waals surface area contributed by atoms with E-state index in [1.807, 2.05) is 0 Å². The SMILES string of the molecule is CC(C)(C)[Si](OCCCc1cc2c(n1Cc1ccccc1)CCC2)(c1ccccc1)c1ccccc1. The van der Waals surface area contributed by atoms with Gasteiger partial charge in [-0.3, -0.25) is 0 Å². The smallest absolute Gasteiger partial charge is 0.261 e. The second-order valence-electron chi connectivity index (χ2n) is 11.1. The molecule has 1 aliphatic carbocycles. The Morgan fingerprint density at radius 2 is 1.36 bits per heavy atom. The summed E-state index contributed by atoms with van der Waals surface area (Å²) in [6.45, 7) is 8.81. The van der Waals surface area contributed by atoms with E-state index in [0.717, 1.165) is 26.0 Å². The third kappa shape index (κ3) is 4.87. The Bertz CT molecular complexity index is 1220. The molecule has 4 aromatic rings. The van der Waals surface area contributed by atoms with Gasteiger partial charge in [0.15, 0.2) is 0 Å². The number of nitrogens with zero attached hydrogens (tertiary/aromatic N) is 1. The first-order chi connectivity index (χ1) is 17.5. The van der Waals surface area contributed by atoms with E-state index in [1.165, 1.54) is 40.9 Å². The molecule has 0 N–H and O–H groups in total. The molecule has 0 amide bonds. The number of aromatic nitrogens is 1. The third-order valence-electron chi connectivity index (χ3n) is 7.74. The van der Waals surface area contributed by atoms with Crippen LogP contribution in [0.5, 0.6) is 0 Å². The van der Waals surface area contributed by atoms with Crippen molar-refractivity contribution in [1.29, 1.82) is 0 Å². The van der Waals surface area contributed by atoms with Crippen molar-refractivity contribution in [2.24, 2.45) is 0 Å². The van der Waals surface area contributed by atoms with E-state index in [0.29, 0.717) is 0 Å². The van der Waals surface area contributed by atoms with Crippen LogP contribution in [0.15, 0.2) is 97.1 Å². The van der Waals surface area contributed by atoms with Gasteiger partial charge < -0.3 is 8.99 Å². The Morgan fingerprint density at radius 1 is 0.778 bits per heavy atom. The Labute approximate surface area is 218 Å². The van der Waals surface area contributed by atoms with Gasteiger partial charge in [-0.25, -0.2) is 0 Å².